The fourth-order valence-electron chi connectivity index (χ4n) is 2.02. The Labute approximate surface area is 79.7 Å². The first-order valence-corrected chi connectivity index (χ1v) is 6.15. The highest BCUT2D eigenvalue weighted by Gasteiger charge is 2.07. The summed E-state index contributed by atoms with van der Waals surface area (Å²) in [6.45, 7) is 0. The lowest BCUT2D eigenvalue weighted by Crippen LogP contribution is -2.10. The van der Waals surface area contributed by atoms with Gasteiger partial charge in [0.05, 0.1) is 9.52 Å². The van der Waals surface area contributed by atoms with Gasteiger partial charge in [-0.1, -0.05) is 53.4 Å². The van der Waals surface area contributed by atoms with Crippen LogP contribution in [0.2, 0.25) is 0 Å². The van der Waals surface area contributed by atoms with Crippen LogP contribution in [0.15, 0.2) is 42.1 Å². The van der Waals surface area contributed by atoms with Gasteiger partial charge in [-0.2, -0.15) is 0 Å². The van der Waals surface area contributed by atoms with E-state index in [-0.39, 0.29) is 9.52 Å². The SMILES string of the molecule is C1=Cc2c(ccc3ccccc23)[SiH2]1. The van der Waals surface area contributed by atoms with Crippen LogP contribution in [-0.2, 0) is 0 Å². The van der Waals surface area contributed by atoms with Crippen molar-refractivity contribution in [3.63, 3.8) is 0 Å². The predicted molar refractivity (Wildman–Crippen MR) is 61.2 cm³/mol. The average molecular weight is 182 g/mol. The molecule has 1 heterocycles. The van der Waals surface area contributed by atoms with Crippen molar-refractivity contribution >= 4 is 31.6 Å². The van der Waals surface area contributed by atoms with Crippen LogP contribution in [0.25, 0.3) is 16.8 Å². The number of hydrogen-bond donors (Lipinski definition) is 0. The molecular formula is C12H10Si. The number of hydrogen-bond acceptors (Lipinski definition) is 0. The standard InChI is InChI=1S/C12H10Si/c1-2-4-10-9(3-1)5-6-12-11(10)7-8-13-12/h1-8H,13H2. The van der Waals surface area contributed by atoms with Gasteiger partial charge in [-0.15, -0.1) is 0 Å². The molecule has 1 aliphatic rings. The summed E-state index contributed by atoms with van der Waals surface area (Å²) in [4.78, 5) is 0. The minimum atomic E-state index is -0.0772. The molecule has 0 spiro atoms. The van der Waals surface area contributed by atoms with Gasteiger partial charge < -0.3 is 0 Å². The number of rotatable bonds is 0. The van der Waals surface area contributed by atoms with Crippen molar-refractivity contribution in [2.45, 2.75) is 0 Å². The van der Waals surface area contributed by atoms with E-state index in [2.05, 4.69) is 48.2 Å². The van der Waals surface area contributed by atoms with Gasteiger partial charge in [-0.25, -0.2) is 0 Å². The van der Waals surface area contributed by atoms with Crippen molar-refractivity contribution in [1.82, 2.24) is 0 Å². The molecule has 3 rings (SSSR count). The number of benzene rings is 2. The van der Waals surface area contributed by atoms with Gasteiger partial charge in [0.15, 0.2) is 0 Å². The van der Waals surface area contributed by atoms with Crippen LogP contribution in [-0.4, -0.2) is 9.52 Å². The fraction of sp³-hybridized carbons (Fsp3) is 0. The fourth-order valence-corrected chi connectivity index (χ4v) is 3.41. The Morgan fingerprint density at radius 3 is 2.85 bits per heavy atom. The van der Waals surface area contributed by atoms with E-state index in [4.69, 9.17) is 0 Å². The topological polar surface area (TPSA) is 0 Å². The first-order valence-electron chi connectivity index (χ1n) is 4.62. The third-order valence-electron chi connectivity index (χ3n) is 2.68. The minimum absolute atomic E-state index is 0.0772. The molecule has 0 nitrogen and oxygen atoms in total. The Morgan fingerprint density at radius 1 is 0.923 bits per heavy atom. The van der Waals surface area contributed by atoms with Crippen molar-refractivity contribution in [2.24, 2.45) is 0 Å². The molecule has 13 heavy (non-hydrogen) atoms. The molecule has 2 aromatic carbocycles. The molecule has 0 atom stereocenters. The molecular weight excluding hydrogens is 172 g/mol. The van der Waals surface area contributed by atoms with Gasteiger partial charge in [-0.05, 0) is 16.3 Å². The van der Waals surface area contributed by atoms with Crippen LogP contribution in [0.5, 0.6) is 0 Å². The molecule has 0 aromatic heterocycles. The highest BCUT2D eigenvalue weighted by molar-refractivity contribution is 6.63. The smallest absolute Gasteiger partial charge is 0.0791 e. The summed E-state index contributed by atoms with van der Waals surface area (Å²) < 4.78 is 0. The van der Waals surface area contributed by atoms with Crippen LogP contribution >= 0.6 is 0 Å². The van der Waals surface area contributed by atoms with E-state index < -0.39 is 0 Å². The number of fused-ring (bicyclic) bond motifs is 3. The summed E-state index contributed by atoms with van der Waals surface area (Å²) in [5.74, 6) is 0. The first kappa shape index (κ1) is 7.10. The Bertz CT molecular complexity index is 497. The Morgan fingerprint density at radius 2 is 1.85 bits per heavy atom. The zero-order chi connectivity index (χ0) is 8.67. The molecule has 0 amide bonds. The van der Waals surface area contributed by atoms with Crippen molar-refractivity contribution < 1.29 is 0 Å². The second-order valence-corrected chi connectivity index (χ2v) is 5.11. The van der Waals surface area contributed by atoms with Crippen LogP contribution in [0.1, 0.15) is 5.56 Å². The van der Waals surface area contributed by atoms with Crippen molar-refractivity contribution in [3.05, 3.63) is 47.7 Å². The molecule has 0 bridgehead atoms. The molecule has 0 fully saturated rings. The van der Waals surface area contributed by atoms with E-state index in [0.717, 1.165) is 0 Å². The van der Waals surface area contributed by atoms with Crippen molar-refractivity contribution in [2.75, 3.05) is 0 Å². The van der Waals surface area contributed by atoms with Gasteiger partial charge in [-0.3, -0.25) is 0 Å². The third-order valence-corrected chi connectivity index (χ3v) is 4.21. The van der Waals surface area contributed by atoms with Crippen molar-refractivity contribution in [1.29, 1.82) is 0 Å². The Balaban J connectivity index is 2.49. The maximum absolute atomic E-state index is 2.37. The Kier molecular flexibility index (Phi) is 1.40. The van der Waals surface area contributed by atoms with Crippen LogP contribution in [0.4, 0.5) is 0 Å². The average Bonchev–Trinajstić information content (AvgIpc) is 2.65. The predicted octanol–water partition coefficient (Wildman–Crippen LogP) is 1.62. The lowest BCUT2D eigenvalue weighted by Gasteiger charge is -2.03. The summed E-state index contributed by atoms with van der Waals surface area (Å²) in [6, 6.07) is 13.2. The molecule has 0 saturated heterocycles. The molecule has 0 aliphatic carbocycles. The molecule has 0 radical (unpaired) electrons. The lowest BCUT2D eigenvalue weighted by atomic mass is 10.0. The van der Waals surface area contributed by atoms with E-state index in [9.17, 15) is 0 Å². The van der Waals surface area contributed by atoms with E-state index in [1.165, 1.54) is 16.3 Å². The van der Waals surface area contributed by atoms with Crippen LogP contribution in [0, 0.1) is 0 Å². The van der Waals surface area contributed by atoms with Gasteiger partial charge in [0, 0.05) is 0 Å². The second kappa shape index (κ2) is 2.57. The summed E-state index contributed by atoms with van der Waals surface area (Å²) in [5.41, 5.74) is 3.85. The molecule has 1 aliphatic heterocycles. The van der Waals surface area contributed by atoms with E-state index >= 15 is 0 Å². The monoisotopic (exact) mass is 182 g/mol. The van der Waals surface area contributed by atoms with Crippen LogP contribution < -0.4 is 5.19 Å². The Hall–Kier alpha value is -1.34. The summed E-state index contributed by atoms with van der Waals surface area (Å²) in [7, 11) is -0.0772. The molecule has 0 unspecified atom stereocenters. The summed E-state index contributed by atoms with van der Waals surface area (Å²) >= 11 is 0. The van der Waals surface area contributed by atoms with Crippen molar-refractivity contribution in [3.8, 4) is 0 Å². The van der Waals surface area contributed by atoms with Gasteiger partial charge in [0.2, 0.25) is 0 Å². The second-order valence-electron chi connectivity index (χ2n) is 3.47. The van der Waals surface area contributed by atoms with Gasteiger partial charge >= 0.3 is 0 Å². The van der Waals surface area contributed by atoms with E-state index in [1.807, 2.05) is 0 Å². The molecule has 0 N–H and O–H groups in total. The van der Waals surface area contributed by atoms with E-state index in [0.29, 0.717) is 0 Å². The molecule has 2 aromatic rings. The zero-order valence-corrected chi connectivity index (χ0v) is 8.74. The lowest BCUT2D eigenvalue weighted by molar-refractivity contribution is 1.76. The highest BCUT2D eigenvalue weighted by atomic mass is 28.2. The molecule has 62 valence electrons. The normalized spacial score (nSPS) is 15.4. The maximum atomic E-state index is 2.37. The quantitative estimate of drug-likeness (QED) is 0.543. The largest absolute Gasteiger partial charge is 0.0955 e. The summed E-state index contributed by atoms with van der Waals surface area (Å²) in [5, 5.41) is 4.38. The van der Waals surface area contributed by atoms with Crippen LogP contribution in [0.3, 0.4) is 0 Å². The first-order chi connectivity index (χ1) is 6.45. The highest BCUT2D eigenvalue weighted by Crippen LogP contribution is 2.20. The van der Waals surface area contributed by atoms with Gasteiger partial charge in [0.1, 0.15) is 0 Å². The summed E-state index contributed by atoms with van der Waals surface area (Å²) in [6.07, 6.45) is 2.30. The molecule has 0 saturated carbocycles. The minimum Gasteiger partial charge on any atom is -0.0955 e. The van der Waals surface area contributed by atoms with E-state index in [1.54, 1.807) is 5.19 Å². The van der Waals surface area contributed by atoms with Gasteiger partial charge in [0.25, 0.3) is 0 Å². The molecule has 1 heteroatoms. The maximum Gasteiger partial charge on any atom is 0.0791 e. The third kappa shape index (κ3) is 0.973. The zero-order valence-electron chi connectivity index (χ0n) is 7.33.